The molecule has 2 rings (SSSR count). The van der Waals surface area contributed by atoms with Crippen LogP contribution in [-0.4, -0.2) is 25.4 Å². The highest BCUT2D eigenvalue weighted by Gasteiger charge is 2.04. The lowest BCUT2D eigenvalue weighted by Gasteiger charge is -1.93. The summed E-state index contributed by atoms with van der Waals surface area (Å²) in [7, 11) is 0. The monoisotopic (exact) mass is 241 g/mol. The zero-order valence-corrected chi connectivity index (χ0v) is 7.87. The Balaban J connectivity index is 2.55. The van der Waals surface area contributed by atoms with Crippen LogP contribution in [0.4, 0.5) is 0 Å². The Hall–Kier alpha value is -1.50. The second-order valence-corrected chi connectivity index (χ2v) is 3.12. The largest absolute Gasteiger partial charge is 0.304 e. The molecule has 0 radical (unpaired) electrons. The summed E-state index contributed by atoms with van der Waals surface area (Å²) in [6, 6.07) is 0. The second-order valence-electron chi connectivity index (χ2n) is 2.26. The molecule has 2 aromatic heterocycles. The molecule has 0 atom stereocenters. The molecule has 7 heteroatoms. The summed E-state index contributed by atoms with van der Waals surface area (Å²) in [6.07, 6.45) is 2.90. The van der Waals surface area contributed by atoms with E-state index >= 15 is 0 Å². The highest BCUT2D eigenvalue weighted by molar-refractivity contribution is 9.10. The van der Waals surface area contributed by atoms with Gasteiger partial charge in [0.1, 0.15) is 10.2 Å². The summed E-state index contributed by atoms with van der Waals surface area (Å²) >= 11 is 3.04. The fourth-order valence-electron chi connectivity index (χ4n) is 0.825. The predicted octanol–water partition coefficient (Wildman–Crippen LogP) is 0.317. The molecular formula is C6H4BrN5O. The van der Waals surface area contributed by atoms with Crippen LogP contribution in [0.3, 0.4) is 0 Å². The molecule has 0 aliphatic heterocycles. The van der Waals surface area contributed by atoms with E-state index in [1.807, 2.05) is 0 Å². The van der Waals surface area contributed by atoms with Gasteiger partial charge in [0.2, 0.25) is 0 Å². The first-order valence-electron chi connectivity index (χ1n) is 3.38. The topological polar surface area (TPSA) is 87.3 Å². The zero-order chi connectivity index (χ0) is 9.26. The van der Waals surface area contributed by atoms with Gasteiger partial charge in [-0.2, -0.15) is 15.4 Å². The van der Waals surface area contributed by atoms with Crippen molar-refractivity contribution in [3.63, 3.8) is 0 Å². The van der Waals surface area contributed by atoms with Crippen LogP contribution >= 0.6 is 15.9 Å². The van der Waals surface area contributed by atoms with E-state index in [0.29, 0.717) is 16.0 Å². The molecular weight excluding hydrogens is 238 g/mol. The number of halogens is 1. The Morgan fingerprint density at radius 3 is 2.85 bits per heavy atom. The molecule has 6 nitrogen and oxygen atoms in total. The molecule has 0 fully saturated rings. The van der Waals surface area contributed by atoms with Crippen LogP contribution in [0.15, 0.2) is 21.7 Å². The van der Waals surface area contributed by atoms with Crippen molar-refractivity contribution in [2.24, 2.45) is 0 Å². The van der Waals surface area contributed by atoms with E-state index in [0.717, 1.165) is 0 Å². The molecule has 0 bridgehead atoms. The number of hydrogen-bond donors (Lipinski definition) is 2. The van der Waals surface area contributed by atoms with Gasteiger partial charge < -0.3 is 4.98 Å². The van der Waals surface area contributed by atoms with Crippen molar-refractivity contribution in [3.8, 4) is 11.5 Å². The summed E-state index contributed by atoms with van der Waals surface area (Å²) in [4.78, 5) is 17.6. The third-order valence-corrected chi connectivity index (χ3v) is 1.98. The summed E-state index contributed by atoms with van der Waals surface area (Å²) in [5.41, 5.74) is 0.262. The minimum absolute atomic E-state index is 0.243. The first kappa shape index (κ1) is 8.11. The highest BCUT2D eigenvalue weighted by Crippen LogP contribution is 2.07. The van der Waals surface area contributed by atoms with Crippen LogP contribution < -0.4 is 5.56 Å². The molecule has 2 heterocycles. The van der Waals surface area contributed by atoms with E-state index in [2.05, 4.69) is 41.3 Å². The minimum atomic E-state index is -0.243. The van der Waals surface area contributed by atoms with Crippen molar-refractivity contribution in [1.82, 2.24) is 25.4 Å². The van der Waals surface area contributed by atoms with Crippen molar-refractivity contribution < 1.29 is 0 Å². The standard InChI is InChI=1S/C6H4BrN5O/c7-3-1-8-5(10-6(3)13)4-2-9-12-11-4/h1-2H,(H,8,10,13)(H,9,11,12). The van der Waals surface area contributed by atoms with Gasteiger partial charge in [-0.25, -0.2) is 4.98 Å². The molecule has 0 unspecified atom stereocenters. The van der Waals surface area contributed by atoms with Crippen LogP contribution in [0.5, 0.6) is 0 Å². The van der Waals surface area contributed by atoms with Gasteiger partial charge in [0, 0.05) is 6.20 Å². The second kappa shape index (κ2) is 3.09. The maximum absolute atomic E-state index is 11.1. The van der Waals surface area contributed by atoms with E-state index in [4.69, 9.17) is 0 Å². The third kappa shape index (κ3) is 1.50. The quantitative estimate of drug-likeness (QED) is 0.753. The van der Waals surface area contributed by atoms with Gasteiger partial charge in [0.25, 0.3) is 5.56 Å². The molecule has 2 aromatic rings. The SMILES string of the molecule is O=c1[nH]c(-c2cn[nH]n2)ncc1Br. The van der Waals surface area contributed by atoms with Crippen LogP contribution in [-0.2, 0) is 0 Å². The van der Waals surface area contributed by atoms with E-state index in [1.54, 1.807) is 0 Å². The molecule has 0 aliphatic rings. The van der Waals surface area contributed by atoms with Crippen molar-refractivity contribution in [1.29, 1.82) is 0 Å². The Bertz CT molecular complexity index is 462. The Labute approximate surface area is 80.5 Å². The molecule has 66 valence electrons. The van der Waals surface area contributed by atoms with Gasteiger partial charge in [0.05, 0.1) is 6.20 Å². The van der Waals surface area contributed by atoms with Gasteiger partial charge in [-0.05, 0) is 15.9 Å². The van der Waals surface area contributed by atoms with Crippen LogP contribution in [0, 0.1) is 0 Å². The average molecular weight is 242 g/mol. The van der Waals surface area contributed by atoms with Gasteiger partial charge in [-0.1, -0.05) is 0 Å². The van der Waals surface area contributed by atoms with Crippen LogP contribution in [0.1, 0.15) is 0 Å². The zero-order valence-electron chi connectivity index (χ0n) is 6.28. The minimum Gasteiger partial charge on any atom is -0.304 e. The first-order chi connectivity index (χ1) is 6.27. The Morgan fingerprint density at radius 1 is 1.38 bits per heavy atom. The first-order valence-corrected chi connectivity index (χ1v) is 4.17. The lowest BCUT2D eigenvalue weighted by molar-refractivity contribution is 0.937. The smallest absolute Gasteiger partial charge is 0.265 e. The van der Waals surface area contributed by atoms with Gasteiger partial charge >= 0.3 is 0 Å². The number of rotatable bonds is 1. The normalized spacial score (nSPS) is 10.2. The Morgan fingerprint density at radius 2 is 2.23 bits per heavy atom. The Kier molecular flexibility index (Phi) is 1.93. The summed E-state index contributed by atoms with van der Waals surface area (Å²) in [6.45, 7) is 0. The molecule has 0 saturated heterocycles. The fraction of sp³-hybridized carbons (Fsp3) is 0. The number of H-pyrrole nitrogens is 2. The van der Waals surface area contributed by atoms with Gasteiger partial charge in [-0.3, -0.25) is 4.79 Å². The predicted molar refractivity (Wildman–Crippen MR) is 47.9 cm³/mol. The van der Waals surface area contributed by atoms with Crippen LogP contribution in [0.2, 0.25) is 0 Å². The van der Waals surface area contributed by atoms with Crippen molar-refractivity contribution in [2.75, 3.05) is 0 Å². The summed E-state index contributed by atoms with van der Waals surface area (Å²) < 4.78 is 0.389. The number of aromatic nitrogens is 5. The molecule has 0 spiro atoms. The van der Waals surface area contributed by atoms with E-state index in [-0.39, 0.29) is 5.56 Å². The van der Waals surface area contributed by atoms with Crippen molar-refractivity contribution >= 4 is 15.9 Å². The van der Waals surface area contributed by atoms with Gasteiger partial charge in [0.15, 0.2) is 5.82 Å². The molecule has 0 amide bonds. The summed E-state index contributed by atoms with van der Waals surface area (Å²) in [5, 5.41) is 9.80. The van der Waals surface area contributed by atoms with Crippen molar-refractivity contribution in [2.45, 2.75) is 0 Å². The summed E-state index contributed by atoms with van der Waals surface area (Å²) in [5.74, 6) is 0.391. The van der Waals surface area contributed by atoms with E-state index in [9.17, 15) is 4.79 Å². The number of nitrogens with one attached hydrogen (secondary N) is 2. The number of aromatic amines is 2. The lowest BCUT2D eigenvalue weighted by Crippen LogP contribution is -2.08. The maximum Gasteiger partial charge on any atom is 0.265 e. The molecule has 0 saturated carbocycles. The molecule has 0 aliphatic carbocycles. The van der Waals surface area contributed by atoms with Crippen molar-refractivity contribution in [3.05, 3.63) is 27.2 Å². The number of nitrogens with zero attached hydrogens (tertiary/aromatic N) is 3. The lowest BCUT2D eigenvalue weighted by atomic mass is 10.4. The molecule has 0 aromatic carbocycles. The van der Waals surface area contributed by atoms with Gasteiger partial charge in [-0.15, -0.1) is 0 Å². The highest BCUT2D eigenvalue weighted by atomic mass is 79.9. The maximum atomic E-state index is 11.1. The van der Waals surface area contributed by atoms with E-state index in [1.165, 1.54) is 12.4 Å². The van der Waals surface area contributed by atoms with E-state index < -0.39 is 0 Å². The number of hydrogen-bond acceptors (Lipinski definition) is 4. The third-order valence-electron chi connectivity index (χ3n) is 1.41. The molecule has 13 heavy (non-hydrogen) atoms. The average Bonchev–Trinajstić information content (AvgIpc) is 2.62. The fourth-order valence-corrected chi connectivity index (χ4v) is 1.03. The van der Waals surface area contributed by atoms with Crippen LogP contribution in [0.25, 0.3) is 11.5 Å². The molecule has 2 N–H and O–H groups in total.